The second-order valence-corrected chi connectivity index (χ2v) is 12.3. The van der Waals surface area contributed by atoms with Gasteiger partial charge in [-0.2, -0.15) is 0 Å². The zero-order chi connectivity index (χ0) is 20.7. The molecule has 6 aliphatic rings. The maximum atomic E-state index is 6.69. The van der Waals surface area contributed by atoms with Gasteiger partial charge in [-0.05, 0) is 73.2 Å². The van der Waals surface area contributed by atoms with Gasteiger partial charge in [-0.15, -0.1) is 0 Å². The molecule has 0 aromatic heterocycles. The fourth-order valence-electron chi connectivity index (χ4n) is 7.78. The molecule has 1 aromatic rings. The molecule has 0 radical (unpaired) electrons. The molecule has 4 heteroatoms. The van der Waals surface area contributed by atoms with Crippen LogP contribution in [0.2, 0.25) is 0 Å². The van der Waals surface area contributed by atoms with Crippen molar-refractivity contribution in [3.8, 4) is 0 Å². The molecule has 0 spiro atoms. The standard InChI is InChI=1S/C26H36N2OS/c1-24(2)16-28(11-10-21(24)27)23(30)26-13-17-12-25(15-26,18-6-4-3-5-7-18)14-20(26)22(17)29-19-8-9-19/h3-7,17,19-22H,8-16,27H2,1-2H3/t17?,20?,21-,22?,25?,26?/m0/s1. The Morgan fingerprint density at radius 2 is 1.87 bits per heavy atom. The average molecular weight is 425 g/mol. The molecule has 3 nitrogen and oxygen atoms in total. The summed E-state index contributed by atoms with van der Waals surface area (Å²) in [5.74, 6) is 1.25. The maximum absolute atomic E-state index is 6.69. The molecule has 7 rings (SSSR count). The van der Waals surface area contributed by atoms with E-state index in [0.717, 1.165) is 19.5 Å². The number of rotatable bonds is 4. The normalized spacial score (nSPS) is 43.9. The molecule has 5 saturated carbocycles. The third-order valence-electron chi connectivity index (χ3n) is 9.40. The van der Waals surface area contributed by atoms with Crippen LogP contribution in [0.25, 0.3) is 0 Å². The van der Waals surface area contributed by atoms with E-state index in [2.05, 4.69) is 49.1 Å². The number of piperidine rings is 1. The van der Waals surface area contributed by atoms with Crippen LogP contribution in [0.4, 0.5) is 0 Å². The SMILES string of the molecule is CC1(C)CN(C(=S)C23CC4CC(c5ccccc5)(CC2C4OC2CC2)C3)CC[C@@H]1N. The smallest absolute Gasteiger partial charge is 0.0846 e. The number of nitrogens with zero attached hydrogens (tertiary/aromatic N) is 1. The lowest BCUT2D eigenvalue weighted by molar-refractivity contribution is -0.0383. The highest BCUT2D eigenvalue weighted by Crippen LogP contribution is 2.72. The van der Waals surface area contributed by atoms with Crippen molar-refractivity contribution in [1.29, 1.82) is 0 Å². The van der Waals surface area contributed by atoms with E-state index in [1.807, 2.05) is 0 Å². The maximum Gasteiger partial charge on any atom is 0.0846 e. The first-order chi connectivity index (χ1) is 14.3. The van der Waals surface area contributed by atoms with Crippen molar-refractivity contribution >= 4 is 17.2 Å². The van der Waals surface area contributed by atoms with Gasteiger partial charge in [0.1, 0.15) is 0 Å². The third-order valence-corrected chi connectivity index (χ3v) is 10.1. The summed E-state index contributed by atoms with van der Waals surface area (Å²) in [6.45, 7) is 6.65. The third kappa shape index (κ3) is 2.79. The van der Waals surface area contributed by atoms with Crippen molar-refractivity contribution in [1.82, 2.24) is 4.90 Å². The zero-order valence-corrected chi connectivity index (χ0v) is 19.3. The first kappa shape index (κ1) is 19.7. The Labute approximate surface area is 186 Å². The molecule has 0 amide bonds. The predicted molar refractivity (Wildman–Crippen MR) is 124 cm³/mol. The second kappa shape index (κ2) is 6.52. The number of benzene rings is 1. The van der Waals surface area contributed by atoms with E-state index in [9.17, 15) is 0 Å². The van der Waals surface area contributed by atoms with Crippen LogP contribution in [0.5, 0.6) is 0 Å². The zero-order valence-electron chi connectivity index (χ0n) is 18.5. The van der Waals surface area contributed by atoms with E-state index in [1.54, 1.807) is 0 Å². The highest BCUT2D eigenvalue weighted by molar-refractivity contribution is 7.80. The molecule has 2 N–H and O–H groups in total. The van der Waals surface area contributed by atoms with Gasteiger partial charge in [-0.25, -0.2) is 0 Å². The molecule has 4 bridgehead atoms. The van der Waals surface area contributed by atoms with E-state index in [1.165, 1.54) is 49.1 Å². The molecular formula is C26H36N2OS. The average Bonchev–Trinajstić information content (AvgIpc) is 3.48. The Balaban J connectivity index is 1.35. The van der Waals surface area contributed by atoms with E-state index in [0.29, 0.717) is 29.5 Å². The first-order valence-electron chi connectivity index (χ1n) is 12.1. The van der Waals surface area contributed by atoms with Crippen molar-refractivity contribution in [2.75, 3.05) is 13.1 Å². The summed E-state index contributed by atoms with van der Waals surface area (Å²) in [5.41, 5.74) is 8.55. The van der Waals surface area contributed by atoms with Gasteiger partial charge >= 0.3 is 0 Å². The molecular weight excluding hydrogens is 388 g/mol. The Kier molecular flexibility index (Phi) is 4.28. The minimum absolute atomic E-state index is 0.121. The van der Waals surface area contributed by atoms with E-state index in [4.69, 9.17) is 22.7 Å². The number of ether oxygens (including phenoxy) is 1. The fourth-order valence-corrected chi connectivity index (χ4v) is 8.24. The van der Waals surface area contributed by atoms with Crippen LogP contribution >= 0.6 is 12.2 Å². The Hall–Kier alpha value is -0.970. The lowest BCUT2D eigenvalue weighted by Gasteiger charge is -2.48. The lowest BCUT2D eigenvalue weighted by atomic mass is 9.63. The number of nitrogens with two attached hydrogens (primary N) is 1. The van der Waals surface area contributed by atoms with Crippen LogP contribution in [0.15, 0.2) is 30.3 Å². The summed E-state index contributed by atoms with van der Waals surface area (Å²) in [4.78, 5) is 3.80. The summed E-state index contributed by atoms with van der Waals surface area (Å²) < 4.78 is 6.69. The quantitative estimate of drug-likeness (QED) is 0.713. The minimum atomic E-state index is 0.121. The van der Waals surface area contributed by atoms with Crippen molar-refractivity contribution in [3.63, 3.8) is 0 Å². The van der Waals surface area contributed by atoms with Crippen LogP contribution < -0.4 is 5.73 Å². The van der Waals surface area contributed by atoms with Gasteiger partial charge in [0, 0.05) is 24.5 Å². The number of hydrogen-bond acceptors (Lipinski definition) is 3. The molecule has 30 heavy (non-hydrogen) atoms. The largest absolute Gasteiger partial charge is 0.374 e. The molecule has 1 heterocycles. The van der Waals surface area contributed by atoms with Crippen LogP contribution in [0.1, 0.15) is 64.4 Å². The molecule has 6 fully saturated rings. The van der Waals surface area contributed by atoms with E-state index < -0.39 is 0 Å². The predicted octanol–water partition coefficient (Wildman–Crippen LogP) is 4.68. The monoisotopic (exact) mass is 424 g/mol. The van der Waals surface area contributed by atoms with Crippen LogP contribution in [-0.2, 0) is 10.2 Å². The molecule has 1 aromatic carbocycles. The number of thiocarbonyl (C=S) groups is 1. The van der Waals surface area contributed by atoms with Gasteiger partial charge in [-0.3, -0.25) is 0 Å². The summed E-state index contributed by atoms with van der Waals surface area (Å²) in [7, 11) is 0. The summed E-state index contributed by atoms with van der Waals surface area (Å²) in [6.07, 6.45) is 9.51. The van der Waals surface area contributed by atoms with Crippen molar-refractivity contribution in [2.45, 2.75) is 82.5 Å². The van der Waals surface area contributed by atoms with Gasteiger partial charge in [0.15, 0.2) is 0 Å². The molecule has 1 aliphatic heterocycles. The lowest BCUT2D eigenvalue weighted by Crippen LogP contribution is -2.57. The van der Waals surface area contributed by atoms with Crippen molar-refractivity contribution < 1.29 is 4.74 Å². The van der Waals surface area contributed by atoms with Crippen molar-refractivity contribution in [2.24, 2.45) is 28.4 Å². The molecule has 5 aliphatic carbocycles. The molecule has 6 atom stereocenters. The Bertz CT molecular complexity index is 852. The minimum Gasteiger partial charge on any atom is -0.374 e. The number of likely N-dealkylation sites (tertiary alicyclic amines) is 1. The summed E-state index contributed by atoms with van der Waals surface area (Å²) in [6, 6.07) is 11.6. The van der Waals surface area contributed by atoms with Gasteiger partial charge in [0.2, 0.25) is 0 Å². The van der Waals surface area contributed by atoms with Crippen molar-refractivity contribution in [3.05, 3.63) is 35.9 Å². The van der Waals surface area contributed by atoms with E-state index >= 15 is 0 Å². The second-order valence-electron chi connectivity index (χ2n) is 11.9. The molecule has 5 unspecified atom stereocenters. The molecule has 1 saturated heterocycles. The Morgan fingerprint density at radius 3 is 2.57 bits per heavy atom. The van der Waals surface area contributed by atoms with Crippen LogP contribution in [0, 0.1) is 22.7 Å². The van der Waals surface area contributed by atoms with Crippen LogP contribution in [0.3, 0.4) is 0 Å². The summed E-state index contributed by atoms with van der Waals surface area (Å²) in [5, 5.41) is 0. The van der Waals surface area contributed by atoms with E-state index in [-0.39, 0.29) is 16.9 Å². The van der Waals surface area contributed by atoms with Gasteiger partial charge in [-0.1, -0.05) is 56.4 Å². The van der Waals surface area contributed by atoms with Gasteiger partial charge < -0.3 is 15.4 Å². The number of hydrogen-bond donors (Lipinski definition) is 1. The fraction of sp³-hybridized carbons (Fsp3) is 0.731. The van der Waals surface area contributed by atoms with Gasteiger partial charge in [0.25, 0.3) is 0 Å². The molecule has 162 valence electrons. The highest BCUT2D eigenvalue weighted by atomic mass is 32.1. The van der Waals surface area contributed by atoms with Gasteiger partial charge in [0.05, 0.1) is 17.2 Å². The first-order valence-corrected chi connectivity index (χ1v) is 12.5. The van der Waals surface area contributed by atoms with Crippen LogP contribution in [-0.4, -0.2) is 41.2 Å². The highest BCUT2D eigenvalue weighted by Gasteiger charge is 2.71. The Morgan fingerprint density at radius 1 is 1.10 bits per heavy atom. The summed E-state index contributed by atoms with van der Waals surface area (Å²) >= 11 is 6.39. The topological polar surface area (TPSA) is 38.5 Å².